The first-order valence-corrected chi connectivity index (χ1v) is 5.97. The van der Waals surface area contributed by atoms with Crippen molar-refractivity contribution in [2.24, 2.45) is 0 Å². The number of halogens is 4. The lowest BCUT2D eigenvalue weighted by molar-refractivity contribution is -0.143. The summed E-state index contributed by atoms with van der Waals surface area (Å²) in [6, 6.07) is 7.45. The molecule has 0 radical (unpaired) electrons. The van der Waals surface area contributed by atoms with Crippen LogP contribution in [0.5, 0.6) is 0 Å². The number of hydrogen-bond donors (Lipinski definition) is 1. The summed E-state index contributed by atoms with van der Waals surface area (Å²) in [6.45, 7) is -0.404. The Morgan fingerprint density at radius 3 is 2.40 bits per heavy atom. The molecule has 0 saturated heterocycles. The fraction of sp³-hybridized carbons (Fsp3) is 0.308. The molecule has 0 saturated carbocycles. The zero-order valence-corrected chi connectivity index (χ0v) is 10.5. The molecule has 0 fully saturated rings. The van der Waals surface area contributed by atoms with Crippen molar-refractivity contribution in [1.82, 2.24) is 15.1 Å². The lowest BCUT2D eigenvalue weighted by Crippen LogP contribution is -2.23. The molecule has 0 amide bonds. The molecule has 2 rings (SSSR count). The van der Waals surface area contributed by atoms with Crippen molar-refractivity contribution in [3.8, 4) is 0 Å². The van der Waals surface area contributed by atoms with Gasteiger partial charge in [0, 0.05) is 19.3 Å². The Bertz CT molecular complexity index is 545. The fourth-order valence-corrected chi connectivity index (χ4v) is 1.76. The summed E-state index contributed by atoms with van der Waals surface area (Å²) >= 11 is 0. The van der Waals surface area contributed by atoms with E-state index in [4.69, 9.17) is 0 Å². The van der Waals surface area contributed by atoms with Crippen molar-refractivity contribution < 1.29 is 17.6 Å². The maximum absolute atomic E-state index is 12.7. The highest BCUT2D eigenvalue weighted by Crippen LogP contribution is 2.18. The SMILES string of the molecule is Fc1ccc(CNCc2ccnn2CC(F)(F)F)cc1. The first kappa shape index (κ1) is 14.5. The molecule has 1 N–H and O–H groups in total. The third kappa shape index (κ3) is 4.34. The van der Waals surface area contributed by atoms with Crippen molar-refractivity contribution in [3.05, 3.63) is 53.6 Å². The van der Waals surface area contributed by atoms with Crippen LogP contribution in [0.1, 0.15) is 11.3 Å². The Balaban J connectivity index is 1.88. The average Bonchev–Trinajstić information content (AvgIpc) is 2.77. The van der Waals surface area contributed by atoms with Crippen molar-refractivity contribution in [3.63, 3.8) is 0 Å². The smallest absolute Gasteiger partial charge is 0.307 e. The van der Waals surface area contributed by atoms with Crippen LogP contribution in [0, 0.1) is 5.82 Å². The predicted octanol–water partition coefficient (Wildman–Crippen LogP) is 2.87. The molecule has 0 aliphatic heterocycles. The molecule has 0 atom stereocenters. The van der Waals surface area contributed by atoms with Crippen LogP contribution in [0.2, 0.25) is 0 Å². The first-order chi connectivity index (χ1) is 9.44. The van der Waals surface area contributed by atoms with E-state index >= 15 is 0 Å². The number of rotatable bonds is 5. The van der Waals surface area contributed by atoms with E-state index in [0.29, 0.717) is 12.2 Å². The van der Waals surface area contributed by atoms with Gasteiger partial charge in [-0.1, -0.05) is 12.1 Å². The van der Waals surface area contributed by atoms with Gasteiger partial charge in [-0.25, -0.2) is 4.39 Å². The highest BCUT2D eigenvalue weighted by atomic mass is 19.4. The quantitative estimate of drug-likeness (QED) is 0.857. The minimum absolute atomic E-state index is 0.257. The van der Waals surface area contributed by atoms with Crippen molar-refractivity contribution in [2.45, 2.75) is 25.8 Å². The van der Waals surface area contributed by atoms with Crippen LogP contribution >= 0.6 is 0 Å². The molecule has 0 spiro atoms. The van der Waals surface area contributed by atoms with Gasteiger partial charge in [0.1, 0.15) is 12.4 Å². The summed E-state index contributed by atoms with van der Waals surface area (Å²) in [7, 11) is 0. The largest absolute Gasteiger partial charge is 0.408 e. The van der Waals surface area contributed by atoms with Crippen LogP contribution < -0.4 is 5.32 Å². The molecular weight excluding hydrogens is 274 g/mol. The van der Waals surface area contributed by atoms with Crippen molar-refractivity contribution in [1.29, 1.82) is 0 Å². The van der Waals surface area contributed by atoms with E-state index in [2.05, 4.69) is 10.4 Å². The van der Waals surface area contributed by atoms with Gasteiger partial charge in [-0.2, -0.15) is 18.3 Å². The van der Waals surface area contributed by atoms with E-state index in [1.54, 1.807) is 12.1 Å². The molecule has 1 aromatic heterocycles. The molecular formula is C13H13F4N3. The second-order valence-electron chi connectivity index (χ2n) is 4.33. The topological polar surface area (TPSA) is 29.9 Å². The Morgan fingerprint density at radius 1 is 1.05 bits per heavy atom. The Morgan fingerprint density at radius 2 is 1.75 bits per heavy atom. The number of nitrogens with zero attached hydrogens (tertiary/aromatic N) is 2. The highest BCUT2D eigenvalue weighted by molar-refractivity contribution is 5.15. The third-order valence-electron chi connectivity index (χ3n) is 2.68. The van der Waals surface area contributed by atoms with E-state index in [0.717, 1.165) is 10.2 Å². The van der Waals surface area contributed by atoms with Crippen molar-refractivity contribution >= 4 is 0 Å². The zero-order valence-electron chi connectivity index (χ0n) is 10.5. The minimum atomic E-state index is -4.29. The van der Waals surface area contributed by atoms with Gasteiger partial charge < -0.3 is 5.32 Å². The molecule has 20 heavy (non-hydrogen) atoms. The molecule has 1 heterocycles. The average molecular weight is 287 g/mol. The lowest BCUT2D eigenvalue weighted by atomic mass is 10.2. The summed E-state index contributed by atoms with van der Waals surface area (Å²) in [5.74, 6) is -0.322. The summed E-state index contributed by atoms with van der Waals surface area (Å²) in [6.07, 6.45) is -2.96. The lowest BCUT2D eigenvalue weighted by Gasteiger charge is -2.11. The van der Waals surface area contributed by atoms with Crippen LogP contribution in [0.15, 0.2) is 36.5 Å². The third-order valence-corrected chi connectivity index (χ3v) is 2.68. The van der Waals surface area contributed by atoms with Gasteiger partial charge in [0.2, 0.25) is 0 Å². The number of alkyl halides is 3. The maximum Gasteiger partial charge on any atom is 0.408 e. The van der Waals surface area contributed by atoms with Crippen LogP contribution in [-0.4, -0.2) is 16.0 Å². The number of aromatic nitrogens is 2. The van der Waals surface area contributed by atoms with Crippen LogP contribution in [0.3, 0.4) is 0 Å². The van der Waals surface area contributed by atoms with E-state index in [1.807, 2.05) is 0 Å². The highest BCUT2D eigenvalue weighted by Gasteiger charge is 2.29. The molecule has 108 valence electrons. The first-order valence-electron chi connectivity index (χ1n) is 5.97. The van der Waals surface area contributed by atoms with Crippen molar-refractivity contribution in [2.75, 3.05) is 0 Å². The molecule has 7 heteroatoms. The molecule has 2 aromatic rings. The molecule has 1 aromatic carbocycles. The van der Waals surface area contributed by atoms with Crippen LogP contribution in [0.25, 0.3) is 0 Å². The maximum atomic E-state index is 12.7. The van der Waals surface area contributed by atoms with E-state index in [9.17, 15) is 17.6 Å². The van der Waals surface area contributed by atoms with Gasteiger partial charge in [0.15, 0.2) is 0 Å². The monoisotopic (exact) mass is 287 g/mol. The Kier molecular flexibility index (Phi) is 4.39. The Hall–Kier alpha value is -1.89. The molecule has 0 bridgehead atoms. The van der Waals surface area contributed by atoms with Gasteiger partial charge >= 0.3 is 6.18 Å². The fourth-order valence-electron chi connectivity index (χ4n) is 1.76. The standard InChI is InChI=1S/C13H13F4N3/c14-11-3-1-10(2-4-11)7-18-8-12-5-6-19-20(12)9-13(15,16)17/h1-6,18H,7-9H2. The van der Waals surface area contributed by atoms with Gasteiger partial charge in [-0.15, -0.1) is 0 Å². The minimum Gasteiger partial charge on any atom is -0.307 e. The van der Waals surface area contributed by atoms with Crippen LogP contribution in [0.4, 0.5) is 17.6 Å². The molecule has 3 nitrogen and oxygen atoms in total. The normalized spacial score (nSPS) is 11.8. The van der Waals surface area contributed by atoms with E-state index < -0.39 is 12.7 Å². The summed E-state index contributed by atoms with van der Waals surface area (Å²) in [5, 5.41) is 6.64. The van der Waals surface area contributed by atoms with Gasteiger partial charge in [0.25, 0.3) is 0 Å². The summed E-state index contributed by atoms with van der Waals surface area (Å²) in [5.41, 5.74) is 1.30. The van der Waals surface area contributed by atoms with Gasteiger partial charge in [0.05, 0.1) is 5.69 Å². The zero-order chi connectivity index (χ0) is 14.6. The summed E-state index contributed by atoms with van der Waals surface area (Å²) in [4.78, 5) is 0. The van der Waals surface area contributed by atoms with E-state index in [-0.39, 0.29) is 12.4 Å². The molecule has 0 aliphatic carbocycles. The second-order valence-corrected chi connectivity index (χ2v) is 4.33. The van der Waals surface area contributed by atoms with Gasteiger partial charge in [-0.3, -0.25) is 4.68 Å². The second kappa shape index (κ2) is 6.04. The summed E-state index contributed by atoms with van der Waals surface area (Å²) < 4.78 is 50.5. The van der Waals surface area contributed by atoms with Gasteiger partial charge in [-0.05, 0) is 23.8 Å². The molecule has 0 unspecified atom stereocenters. The number of benzene rings is 1. The number of nitrogens with one attached hydrogen (secondary N) is 1. The number of hydrogen-bond acceptors (Lipinski definition) is 2. The van der Waals surface area contributed by atoms with E-state index in [1.165, 1.54) is 24.4 Å². The predicted molar refractivity (Wildman–Crippen MR) is 65.2 cm³/mol. The molecule has 0 aliphatic rings. The Labute approximate surface area is 113 Å². The van der Waals surface area contributed by atoms with Crippen LogP contribution in [-0.2, 0) is 19.6 Å².